The minimum absolute atomic E-state index is 0.0312. The smallest absolute Gasteiger partial charge is 0.157 e. The van der Waals surface area contributed by atoms with Gasteiger partial charge in [-0.25, -0.2) is 8.42 Å². The number of hydrogen-bond donors (Lipinski definition) is 1. The molecule has 0 amide bonds. The van der Waals surface area contributed by atoms with Crippen LogP contribution >= 0.6 is 0 Å². The molecule has 15 heavy (non-hydrogen) atoms. The van der Waals surface area contributed by atoms with Crippen LogP contribution in [0.3, 0.4) is 0 Å². The van der Waals surface area contributed by atoms with Gasteiger partial charge in [0.15, 0.2) is 9.84 Å². The molecule has 0 atom stereocenters. The second-order valence-corrected chi connectivity index (χ2v) is 6.57. The number of hydrogen-bond acceptors (Lipinski definition) is 4. The second-order valence-electron chi connectivity index (χ2n) is 4.50. The van der Waals surface area contributed by atoms with E-state index in [1.165, 1.54) is 0 Å². The SMILES string of the molecule is Cn1ccc(CS(=O)(=O)CC(C)(C)N)n1. The summed E-state index contributed by atoms with van der Waals surface area (Å²) in [6.45, 7) is 3.39. The summed E-state index contributed by atoms with van der Waals surface area (Å²) in [7, 11) is -1.43. The molecule has 0 aliphatic rings. The first-order valence-electron chi connectivity index (χ1n) is 4.66. The molecule has 1 aromatic heterocycles. The van der Waals surface area contributed by atoms with Gasteiger partial charge in [-0.1, -0.05) is 0 Å². The third kappa shape index (κ3) is 4.44. The minimum atomic E-state index is -3.18. The first-order chi connectivity index (χ1) is 6.68. The largest absolute Gasteiger partial charge is 0.325 e. The van der Waals surface area contributed by atoms with Crippen molar-refractivity contribution in [1.82, 2.24) is 9.78 Å². The second kappa shape index (κ2) is 3.94. The molecule has 2 N–H and O–H groups in total. The third-order valence-electron chi connectivity index (χ3n) is 1.73. The summed E-state index contributed by atoms with van der Waals surface area (Å²) >= 11 is 0. The minimum Gasteiger partial charge on any atom is -0.325 e. The van der Waals surface area contributed by atoms with Crippen molar-refractivity contribution in [2.75, 3.05) is 5.75 Å². The first-order valence-corrected chi connectivity index (χ1v) is 6.48. The molecule has 0 bridgehead atoms. The standard InChI is InChI=1S/C9H17N3O2S/c1-9(2,10)7-15(13,14)6-8-4-5-12(3)11-8/h4-5H,6-7,10H2,1-3H3. The Morgan fingerprint density at radius 3 is 2.53 bits per heavy atom. The van der Waals surface area contributed by atoms with Crippen LogP contribution in [0.4, 0.5) is 0 Å². The van der Waals surface area contributed by atoms with Crippen LogP contribution in [-0.4, -0.2) is 29.5 Å². The molecule has 6 heteroatoms. The molecule has 0 saturated heterocycles. The molecule has 0 unspecified atom stereocenters. The molecular weight excluding hydrogens is 214 g/mol. The summed E-state index contributed by atoms with van der Waals surface area (Å²) in [6.07, 6.45) is 1.72. The quantitative estimate of drug-likeness (QED) is 0.795. The zero-order chi connectivity index (χ0) is 11.7. The van der Waals surface area contributed by atoms with Crippen LogP contribution in [-0.2, 0) is 22.6 Å². The van der Waals surface area contributed by atoms with Gasteiger partial charge in [0.1, 0.15) is 0 Å². The maximum Gasteiger partial charge on any atom is 0.157 e. The molecule has 0 saturated carbocycles. The van der Waals surface area contributed by atoms with Crippen molar-refractivity contribution in [3.05, 3.63) is 18.0 Å². The van der Waals surface area contributed by atoms with Gasteiger partial charge in [0.25, 0.3) is 0 Å². The van der Waals surface area contributed by atoms with Crippen LogP contribution < -0.4 is 5.73 Å². The van der Waals surface area contributed by atoms with Gasteiger partial charge in [-0.3, -0.25) is 4.68 Å². The molecule has 1 rings (SSSR count). The van der Waals surface area contributed by atoms with Crippen molar-refractivity contribution in [1.29, 1.82) is 0 Å². The van der Waals surface area contributed by atoms with Gasteiger partial charge in [-0.05, 0) is 19.9 Å². The normalized spacial score (nSPS) is 13.1. The number of nitrogens with zero attached hydrogens (tertiary/aromatic N) is 2. The monoisotopic (exact) mass is 231 g/mol. The van der Waals surface area contributed by atoms with Crippen molar-refractivity contribution in [3.63, 3.8) is 0 Å². The molecule has 0 aromatic carbocycles. The van der Waals surface area contributed by atoms with Crippen molar-refractivity contribution in [2.45, 2.75) is 25.1 Å². The highest BCUT2D eigenvalue weighted by atomic mass is 32.2. The summed E-state index contributed by atoms with van der Waals surface area (Å²) in [5.74, 6) is -0.0783. The zero-order valence-corrected chi connectivity index (χ0v) is 10.1. The van der Waals surface area contributed by atoms with Crippen LogP contribution in [0, 0.1) is 0 Å². The Morgan fingerprint density at radius 1 is 1.53 bits per heavy atom. The molecule has 0 fully saturated rings. The van der Waals surface area contributed by atoms with Crippen LogP contribution in [0.25, 0.3) is 0 Å². The molecule has 0 spiro atoms. The van der Waals surface area contributed by atoms with E-state index >= 15 is 0 Å². The molecule has 86 valence electrons. The van der Waals surface area contributed by atoms with Crippen molar-refractivity contribution >= 4 is 9.84 Å². The Hall–Kier alpha value is -0.880. The van der Waals surface area contributed by atoms with Crippen LogP contribution in [0.15, 0.2) is 12.3 Å². The Labute approximate surface area is 90.2 Å². The van der Waals surface area contributed by atoms with E-state index in [-0.39, 0.29) is 11.5 Å². The molecule has 0 aliphatic heterocycles. The topological polar surface area (TPSA) is 78.0 Å². The van der Waals surface area contributed by atoms with Gasteiger partial charge < -0.3 is 5.73 Å². The van der Waals surface area contributed by atoms with E-state index in [0.29, 0.717) is 5.69 Å². The van der Waals surface area contributed by atoms with Gasteiger partial charge in [0, 0.05) is 18.8 Å². The maximum atomic E-state index is 11.7. The Kier molecular flexibility index (Phi) is 3.20. The molecule has 0 radical (unpaired) electrons. The molecular formula is C9H17N3O2S. The van der Waals surface area contributed by atoms with Gasteiger partial charge in [0.2, 0.25) is 0 Å². The lowest BCUT2D eigenvalue weighted by Gasteiger charge is -2.17. The van der Waals surface area contributed by atoms with Crippen molar-refractivity contribution < 1.29 is 8.42 Å². The Morgan fingerprint density at radius 2 is 2.13 bits per heavy atom. The summed E-state index contributed by atoms with van der Waals surface area (Å²) in [6, 6.07) is 1.70. The Bertz CT molecular complexity index is 428. The number of sulfone groups is 1. The summed E-state index contributed by atoms with van der Waals surface area (Å²) in [5.41, 5.74) is 5.53. The van der Waals surface area contributed by atoms with Crippen LogP contribution in [0.5, 0.6) is 0 Å². The van der Waals surface area contributed by atoms with E-state index in [9.17, 15) is 8.42 Å². The van der Waals surface area contributed by atoms with E-state index in [0.717, 1.165) is 0 Å². The lowest BCUT2D eigenvalue weighted by atomic mass is 10.1. The fourth-order valence-electron chi connectivity index (χ4n) is 1.38. The van der Waals surface area contributed by atoms with E-state index in [2.05, 4.69) is 5.10 Å². The number of aromatic nitrogens is 2. The fraction of sp³-hybridized carbons (Fsp3) is 0.667. The van der Waals surface area contributed by atoms with E-state index in [1.807, 2.05) is 0 Å². The summed E-state index contributed by atoms with van der Waals surface area (Å²) in [4.78, 5) is 0. The zero-order valence-electron chi connectivity index (χ0n) is 9.27. The van der Waals surface area contributed by atoms with Crippen LogP contribution in [0.2, 0.25) is 0 Å². The summed E-state index contributed by atoms with van der Waals surface area (Å²) < 4.78 is 25.0. The van der Waals surface area contributed by atoms with Gasteiger partial charge >= 0.3 is 0 Å². The van der Waals surface area contributed by atoms with Gasteiger partial charge in [-0.2, -0.15) is 5.10 Å². The third-order valence-corrected chi connectivity index (χ3v) is 3.65. The lowest BCUT2D eigenvalue weighted by Crippen LogP contribution is -2.40. The molecule has 1 aromatic rings. The summed E-state index contributed by atoms with van der Waals surface area (Å²) in [5, 5.41) is 4.02. The maximum absolute atomic E-state index is 11.7. The predicted molar refractivity (Wildman–Crippen MR) is 59.0 cm³/mol. The molecule has 1 heterocycles. The molecule has 5 nitrogen and oxygen atoms in total. The average Bonchev–Trinajstić information content (AvgIpc) is 2.27. The van der Waals surface area contributed by atoms with E-state index < -0.39 is 15.4 Å². The highest BCUT2D eigenvalue weighted by Crippen LogP contribution is 2.09. The van der Waals surface area contributed by atoms with Gasteiger partial charge in [0.05, 0.1) is 17.2 Å². The first kappa shape index (κ1) is 12.2. The number of nitrogens with two attached hydrogens (primary N) is 1. The predicted octanol–water partition coefficient (Wildman–Crippen LogP) is 0.0722. The van der Waals surface area contributed by atoms with Gasteiger partial charge in [-0.15, -0.1) is 0 Å². The van der Waals surface area contributed by atoms with Crippen molar-refractivity contribution in [3.8, 4) is 0 Å². The lowest BCUT2D eigenvalue weighted by molar-refractivity contribution is 0.543. The number of aryl methyl sites for hydroxylation is 1. The van der Waals surface area contributed by atoms with Crippen LogP contribution in [0.1, 0.15) is 19.5 Å². The average molecular weight is 231 g/mol. The highest BCUT2D eigenvalue weighted by molar-refractivity contribution is 7.90. The van der Waals surface area contributed by atoms with E-state index in [4.69, 9.17) is 5.73 Å². The van der Waals surface area contributed by atoms with Crippen molar-refractivity contribution in [2.24, 2.45) is 12.8 Å². The fourth-order valence-corrected chi connectivity index (χ4v) is 3.22. The number of rotatable bonds is 4. The molecule has 0 aliphatic carbocycles. The highest BCUT2D eigenvalue weighted by Gasteiger charge is 2.23. The van der Waals surface area contributed by atoms with E-state index in [1.54, 1.807) is 37.8 Å². The Balaban J connectivity index is 2.73.